The first-order valence-electron chi connectivity index (χ1n) is 6.39. The molecule has 1 heterocycles. The van der Waals surface area contributed by atoms with E-state index < -0.39 is 6.10 Å². The molecule has 0 radical (unpaired) electrons. The van der Waals surface area contributed by atoms with E-state index in [1.54, 1.807) is 13.2 Å². The quantitative estimate of drug-likeness (QED) is 0.802. The van der Waals surface area contributed by atoms with Crippen LogP contribution < -0.4 is 10.6 Å². The first-order chi connectivity index (χ1) is 9.69. The van der Waals surface area contributed by atoms with Crippen molar-refractivity contribution in [3.05, 3.63) is 46.5 Å². The molecular weight excluding hydrogens is 274 g/mol. The van der Waals surface area contributed by atoms with Crippen molar-refractivity contribution in [3.8, 4) is 0 Å². The van der Waals surface area contributed by atoms with Crippen molar-refractivity contribution in [2.45, 2.75) is 18.6 Å². The van der Waals surface area contributed by atoms with Crippen LogP contribution in [0.1, 0.15) is 26.8 Å². The number of thiazole rings is 1. The molecule has 0 bridgehead atoms. The molecule has 3 N–H and O–H groups in total. The number of anilines is 1. The number of benzene rings is 1. The molecule has 1 aromatic carbocycles. The molecule has 0 saturated heterocycles. The molecule has 5 nitrogen and oxygen atoms in total. The molecule has 20 heavy (non-hydrogen) atoms. The molecule has 0 saturated carbocycles. The summed E-state index contributed by atoms with van der Waals surface area (Å²) in [5.74, 6) is -0.204. The predicted molar refractivity (Wildman–Crippen MR) is 78.0 cm³/mol. The fourth-order valence-electron chi connectivity index (χ4n) is 2.45. The van der Waals surface area contributed by atoms with E-state index in [9.17, 15) is 9.90 Å². The summed E-state index contributed by atoms with van der Waals surface area (Å²) in [6, 6.07) is 7.44. The van der Waals surface area contributed by atoms with Gasteiger partial charge in [0.05, 0.1) is 18.3 Å². The molecule has 6 heteroatoms. The number of aliphatic hydroxyl groups is 1. The molecule has 2 unspecified atom stereocenters. The molecule has 0 spiro atoms. The van der Waals surface area contributed by atoms with Gasteiger partial charge in [-0.25, -0.2) is 4.98 Å². The summed E-state index contributed by atoms with van der Waals surface area (Å²) in [6.45, 7) is 0. The second kappa shape index (κ2) is 5.22. The average Bonchev–Trinajstić information content (AvgIpc) is 3.04. The Morgan fingerprint density at radius 3 is 3.00 bits per heavy atom. The van der Waals surface area contributed by atoms with Crippen LogP contribution in [0.2, 0.25) is 0 Å². The minimum atomic E-state index is -0.576. The Morgan fingerprint density at radius 2 is 2.25 bits per heavy atom. The van der Waals surface area contributed by atoms with E-state index in [1.165, 1.54) is 11.3 Å². The van der Waals surface area contributed by atoms with Crippen molar-refractivity contribution in [1.29, 1.82) is 0 Å². The predicted octanol–water partition coefficient (Wildman–Crippen LogP) is 1.57. The molecule has 1 aliphatic carbocycles. The molecule has 0 aliphatic heterocycles. The van der Waals surface area contributed by atoms with Gasteiger partial charge in [0.15, 0.2) is 5.13 Å². The lowest BCUT2D eigenvalue weighted by Crippen LogP contribution is -2.33. The van der Waals surface area contributed by atoms with Crippen LogP contribution in [0.4, 0.5) is 5.13 Å². The van der Waals surface area contributed by atoms with Crippen LogP contribution in [-0.4, -0.2) is 29.1 Å². The van der Waals surface area contributed by atoms with Crippen LogP contribution in [0.3, 0.4) is 0 Å². The summed E-state index contributed by atoms with van der Waals surface area (Å²) in [7, 11) is 1.76. The van der Waals surface area contributed by atoms with E-state index in [4.69, 9.17) is 0 Å². The van der Waals surface area contributed by atoms with E-state index in [1.807, 2.05) is 24.3 Å². The number of fused-ring (bicyclic) bond motifs is 1. The van der Waals surface area contributed by atoms with Gasteiger partial charge in [0.1, 0.15) is 4.88 Å². The molecule has 2 atom stereocenters. The van der Waals surface area contributed by atoms with Gasteiger partial charge < -0.3 is 15.7 Å². The SMILES string of the molecule is CNc1ncc(C(=O)NC2c3ccccc3CC2O)s1. The Hall–Kier alpha value is -1.92. The number of hydrogen-bond donors (Lipinski definition) is 3. The molecule has 104 valence electrons. The summed E-state index contributed by atoms with van der Waals surface area (Å²) >= 11 is 1.29. The van der Waals surface area contributed by atoms with Gasteiger partial charge in [-0.15, -0.1) is 0 Å². The smallest absolute Gasteiger partial charge is 0.263 e. The zero-order valence-corrected chi connectivity index (χ0v) is 11.8. The van der Waals surface area contributed by atoms with Crippen molar-refractivity contribution in [3.63, 3.8) is 0 Å². The van der Waals surface area contributed by atoms with Gasteiger partial charge in [-0.2, -0.15) is 0 Å². The molecule has 1 amide bonds. The topological polar surface area (TPSA) is 74.2 Å². The number of rotatable bonds is 3. The second-order valence-electron chi connectivity index (χ2n) is 4.70. The van der Waals surface area contributed by atoms with Crippen molar-refractivity contribution >= 4 is 22.4 Å². The number of nitrogens with one attached hydrogen (secondary N) is 2. The number of aromatic nitrogens is 1. The lowest BCUT2D eigenvalue weighted by molar-refractivity contribution is 0.0862. The molecule has 1 aromatic heterocycles. The van der Waals surface area contributed by atoms with Gasteiger partial charge in [0.25, 0.3) is 5.91 Å². The zero-order chi connectivity index (χ0) is 14.1. The van der Waals surface area contributed by atoms with Gasteiger partial charge in [-0.05, 0) is 11.1 Å². The first-order valence-corrected chi connectivity index (χ1v) is 7.21. The summed E-state index contributed by atoms with van der Waals surface area (Å²) < 4.78 is 0. The van der Waals surface area contributed by atoms with E-state index >= 15 is 0 Å². The van der Waals surface area contributed by atoms with E-state index in [-0.39, 0.29) is 11.9 Å². The molecule has 0 fully saturated rings. The molecule has 2 aromatic rings. The summed E-state index contributed by atoms with van der Waals surface area (Å²) in [5.41, 5.74) is 2.08. The highest BCUT2D eigenvalue weighted by atomic mass is 32.1. The minimum absolute atomic E-state index is 0.204. The zero-order valence-electron chi connectivity index (χ0n) is 11.0. The van der Waals surface area contributed by atoms with Crippen molar-refractivity contribution in [2.75, 3.05) is 12.4 Å². The van der Waals surface area contributed by atoms with Crippen LogP contribution in [0.15, 0.2) is 30.5 Å². The van der Waals surface area contributed by atoms with Gasteiger partial charge >= 0.3 is 0 Å². The van der Waals surface area contributed by atoms with Gasteiger partial charge in [0, 0.05) is 13.5 Å². The monoisotopic (exact) mass is 289 g/mol. The first kappa shape index (κ1) is 13.1. The largest absolute Gasteiger partial charge is 0.390 e. The van der Waals surface area contributed by atoms with Gasteiger partial charge in [-0.3, -0.25) is 4.79 Å². The minimum Gasteiger partial charge on any atom is -0.390 e. The van der Waals surface area contributed by atoms with Crippen molar-refractivity contribution < 1.29 is 9.90 Å². The second-order valence-corrected chi connectivity index (χ2v) is 5.73. The third-order valence-corrected chi connectivity index (χ3v) is 4.45. The maximum atomic E-state index is 12.2. The van der Waals surface area contributed by atoms with E-state index in [0.29, 0.717) is 16.4 Å². The third kappa shape index (κ3) is 2.28. The molecular formula is C14H15N3O2S. The van der Waals surface area contributed by atoms with Crippen LogP contribution in [0.25, 0.3) is 0 Å². The standard InChI is InChI=1S/C14H15N3O2S/c1-15-14-16-7-11(20-14)13(19)17-12-9-5-3-2-4-8(9)6-10(12)18/h2-5,7,10,12,18H,6H2,1H3,(H,15,16)(H,17,19). The third-order valence-electron chi connectivity index (χ3n) is 3.43. The van der Waals surface area contributed by atoms with Crippen LogP contribution in [0, 0.1) is 0 Å². The number of carbonyl (C=O) groups is 1. The lowest BCUT2D eigenvalue weighted by atomic mass is 10.1. The molecule has 1 aliphatic rings. The maximum absolute atomic E-state index is 12.2. The van der Waals surface area contributed by atoms with Crippen LogP contribution >= 0.6 is 11.3 Å². The Morgan fingerprint density at radius 1 is 1.45 bits per heavy atom. The highest BCUT2D eigenvalue weighted by molar-refractivity contribution is 7.17. The highest BCUT2D eigenvalue weighted by Crippen LogP contribution is 2.31. The summed E-state index contributed by atoms with van der Waals surface area (Å²) in [4.78, 5) is 16.8. The fraction of sp³-hybridized carbons (Fsp3) is 0.286. The van der Waals surface area contributed by atoms with Gasteiger partial charge in [-0.1, -0.05) is 35.6 Å². The Bertz CT molecular complexity index is 641. The Kier molecular flexibility index (Phi) is 3.42. The van der Waals surface area contributed by atoms with Crippen LogP contribution in [0.5, 0.6) is 0 Å². The maximum Gasteiger partial charge on any atom is 0.263 e. The Labute approximate surface area is 120 Å². The Balaban J connectivity index is 1.79. The average molecular weight is 289 g/mol. The van der Waals surface area contributed by atoms with Gasteiger partial charge in [0.2, 0.25) is 0 Å². The number of hydrogen-bond acceptors (Lipinski definition) is 5. The fourth-order valence-corrected chi connectivity index (χ4v) is 3.13. The van der Waals surface area contributed by atoms with E-state index in [0.717, 1.165) is 11.1 Å². The number of carbonyl (C=O) groups excluding carboxylic acids is 1. The highest BCUT2D eigenvalue weighted by Gasteiger charge is 2.32. The number of aliphatic hydroxyl groups excluding tert-OH is 1. The van der Waals surface area contributed by atoms with Crippen LogP contribution in [-0.2, 0) is 6.42 Å². The summed E-state index contributed by atoms with van der Waals surface area (Å²) in [6.07, 6.45) is 1.54. The summed E-state index contributed by atoms with van der Waals surface area (Å²) in [5, 5.41) is 16.6. The lowest BCUT2D eigenvalue weighted by Gasteiger charge is -2.17. The number of nitrogens with zero attached hydrogens (tertiary/aromatic N) is 1. The van der Waals surface area contributed by atoms with Crippen molar-refractivity contribution in [1.82, 2.24) is 10.3 Å². The van der Waals surface area contributed by atoms with Crippen molar-refractivity contribution in [2.24, 2.45) is 0 Å². The molecule has 3 rings (SSSR count). The van der Waals surface area contributed by atoms with E-state index in [2.05, 4.69) is 15.6 Å². The number of amides is 1. The normalized spacial score (nSPS) is 20.5.